The molecule has 0 saturated carbocycles. The molecule has 132 valence electrons. The smallest absolute Gasteiger partial charge is 0.200 e. The monoisotopic (exact) mass is 365 g/mol. The summed E-state index contributed by atoms with van der Waals surface area (Å²) < 4.78 is 3.03. The average molecular weight is 365 g/mol. The third kappa shape index (κ3) is 2.57. The first kappa shape index (κ1) is 15.5. The Morgan fingerprint density at radius 2 is 1.88 bits per heavy atom. The molecule has 1 aliphatic rings. The molecular formula is C18H19N7S. The van der Waals surface area contributed by atoms with Crippen molar-refractivity contribution in [3.05, 3.63) is 42.4 Å². The highest BCUT2D eigenvalue weighted by molar-refractivity contribution is 7.22. The molecule has 0 aliphatic carbocycles. The van der Waals surface area contributed by atoms with Crippen molar-refractivity contribution >= 4 is 38.0 Å². The van der Waals surface area contributed by atoms with Crippen LogP contribution in [0.25, 0.3) is 15.9 Å². The Hall–Kier alpha value is -2.74. The van der Waals surface area contributed by atoms with Crippen LogP contribution in [-0.2, 0) is 6.42 Å². The number of thiazole rings is 1. The lowest BCUT2D eigenvalue weighted by Gasteiger charge is -2.35. The van der Waals surface area contributed by atoms with Crippen LogP contribution in [0.5, 0.6) is 0 Å². The number of hydrogen-bond acceptors (Lipinski definition) is 7. The third-order valence-corrected chi connectivity index (χ3v) is 5.93. The van der Waals surface area contributed by atoms with Crippen molar-refractivity contribution in [2.24, 2.45) is 0 Å². The van der Waals surface area contributed by atoms with Gasteiger partial charge in [0.15, 0.2) is 5.13 Å². The summed E-state index contributed by atoms with van der Waals surface area (Å²) in [5.74, 6) is 0. The fourth-order valence-electron chi connectivity index (χ4n) is 3.40. The molecule has 5 rings (SSSR count). The van der Waals surface area contributed by atoms with Crippen LogP contribution in [-0.4, -0.2) is 51.0 Å². The summed E-state index contributed by atoms with van der Waals surface area (Å²) in [6.07, 6.45) is 2.57. The maximum atomic E-state index is 4.79. The van der Waals surface area contributed by atoms with E-state index in [-0.39, 0.29) is 0 Å². The molecule has 7 nitrogen and oxygen atoms in total. The standard InChI is InChI=1S/C18H19N7S/c1-2-13-11-15(17-21-19-12-25(17)22-13)23-7-9-24(10-8-23)18-20-14-5-3-4-6-16(14)26-18/h3-6,11-12H,2,7-10H2,1H3. The number of aromatic nitrogens is 5. The zero-order chi connectivity index (χ0) is 17.5. The van der Waals surface area contributed by atoms with E-state index in [9.17, 15) is 0 Å². The predicted octanol–water partition coefficient (Wildman–Crippen LogP) is 2.62. The molecule has 4 heterocycles. The molecule has 0 radical (unpaired) electrons. The molecule has 8 heteroatoms. The molecule has 0 atom stereocenters. The molecule has 0 bridgehead atoms. The number of hydrogen-bond donors (Lipinski definition) is 0. The number of aryl methyl sites for hydroxylation is 1. The minimum Gasteiger partial charge on any atom is -0.365 e. The van der Waals surface area contributed by atoms with E-state index in [1.807, 2.05) is 6.07 Å². The van der Waals surface area contributed by atoms with Gasteiger partial charge in [-0.15, -0.1) is 10.2 Å². The molecule has 1 aromatic carbocycles. The van der Waals surface area contributed by atoms with Crippen LogP contribution in [0.15, 0.2) is 36.7 Å². The molecule has 0 N–H and O–H groups in total. The first-order chi connectivity index (χ1) is 12.8. The van der Waals surface area contributed by atoms with Crippen LogP contribution < -0.4 is 9.80 Å². The van der Waals surface area contributed by atoms with E-state index in [1.54, 1.807) is 22.2 Å². The van der Waals surface area contributed by atoms with Gasteiger partial charge in [0, 0.05) is 26.2 Å². The summed E-state index contributed by atoms with van der Waals surface area (Å²) in [6.45, 7) is 5.89. The molecule has 3 aromatic heterocycles. The van der Waals surface area contributed by atoms with Crippen molar-refractivity contribution in [1.82, 2.24) is 24.8 Å². The molecule has 4 aromatic rings. The predicted molar refractivity (Wildman–Crippen MR) is 104 cm³/mol. The topological polar surface area (TPSA) is 62.5 Å². The Labute approximate surface area is 154 Å². The molecule has 1 aliphatic heterocycles. The molecular weight excluding hydrogens is 346 g/mol. The number of rotatable bonds is 3. The first-order valence-electron chi connectivity index (χ1n) is 8.87. The van der Waals surface area contributed by atoms with Crippen molar-refractivity contribution < 1.29 is 0 Å². The summed E-state index contributed by atoms with van der Waals surface area (Å²) in [5, 5.41) is 13.9. The van der Waals surface area contributed by atoms with Crippen molar-refractivity contribution in [2.75, 3.05) is 36.0 Å². The van der Waals surface area contributed by atoms with Gasteiger partial charge in [0.2, 0.25) is 5.65 Å². The van der Waals surface area contributed by atoms with Crippen LogP contribution in [0.2, 0.25) is 0 Å². The normalized spacial score (nSPS) is 15.3. The first-order valence-corrected chi connectivity index (χ1v) is 9.69. The van der Waals surface area contributed by atoms with Crippen LogP contribution in [0.3, 0.4) is 0 Å². The highest BCUT2D eigenvalue weighted by Gasteiger charge is 2.22. The minimum absolute atomic E-state index is 0.829. The number of fused-ring (bicyclic) bond motifs is 2. The van der Waals surface area contributed by atoms with Gasteiger partial charge in [-0.05, 0) is 24.6 Å². The molecule has 1 fully saturated rings. The number of anilines is 2. The van der Waals surface area contributed by atoms with Crippen LogP contribution in [0, 0.1) is 0 Å². The van der Waals surface area contributed by atoms with Crippen LogP contribution in [0.1, 0.15) is 12.6 Å². The fourth-order valence-corrected chi connectivity index (χ4v) is 4.42. The average Bonchev–Trinajstić information content (AvgIpc) is 3.34. The lowest BCUT2D eigenvalue weighted by Crippen LogP contribution is -2.46. The lowest BCUT2D eigenvalue weighted by atomic mass is 10.2. The molecule has 0 spiro atoms. The minimum atomic E-state index is 0.829. The van der Waals surface area contributed by atoms with Gasteiger partial charge in [0.25, 0.3) is 0 Å². The maximum absolute atomic E-state index is 4.79. The number of benzene rings is 1. The van der Waals surface area contributed by atoms with E-state index in [0.29, 0.717) is 0 Å². The van der Waals surface area contributed by atoms with Gasteiger partial charge in [-0.2, -0.15) is 9.61 Å². The van der Waals surface area contributed by atoms with Gasteiger partial charge < -0.3 is 9.80 Å². The fraction of sp³-hybridized carbons (Fsp3) is 0.333. The SMILES string of the molecule is CCc1cc(N2CCN(c3nc4ccccc4s3)CC2)c2nncn2n1. The maximum Gasteiger partial charge on any atom is 0.200 e. The lowest BCUT2D eigenvalue weighted by molar-refractivity contribution is 0.651. The largest absolute Gasteiger partial charge is 0.365 e. The van der Waals surface area contributed by atoms with E-state index in [0.717, 1.165) is 60.3 Å². The van der Waals surface area contributed by atoms with Gasteiger partial charge in [-0.25, -0.2) is 4.98 Å². The quantitative estimate of drug-likeness (QED) is 0.556. The zero-order valence-electron chi connectivity index (χ0n) is 14.5. The van der Waals surface area contributed by atoms with Gasteiger partial charge in [-0.1, -0.05) is 30.4 Å². The zero-order valence-corrected chi connectivity index (χ0v) is 15.4. The van der Waals surface area contributed by atoms with E-state index in [4.69, 9.17) is 4.98 Å². The summed E-state index contributed by atoms with van der Waals surface area (Å²) in [5.41, 5.74) is 4.09. The highest BCUT2D eigenvalue weighted by atomic mass is 32.1. The van der Waals surface area contributed by atoms with E-state index in [2.05, 4.69) is 56.3 Å². The van der Waals surface area contributed by atoms with E-state index < -0.39 is 0 Å². The number of piperazine rings is 1. The molecule has 0 amide bonds. The van der Waals surface area contributed by atoms with Crippen molar-refractivity contribution in [3.63, 3.8) is 0 Å². The number of nitrogens with zero attached hydrogens (tertiary/aromatic N) is 7. The summed E-state index contributed by atoms with van der Waals surface area (Å²) in [7, 11) is 0. The van der Waals surface area contributed by atoms with Crippen LogP contribution in [0.4, 0.5) is 10.8 Å². The highest BCUT2D eigenvalue weighted by Crippen LogP contribution is 2.30. The van der Waals surface area contributed by atoms with E-state index >= 15 is 0 Å². The van der Waals surface area contributed by atoms with Crippen molar-refractivity contribution in [3.8, 4) is 0 Å². The Bertz CT molecular complexity index is 1030. The summed E-state index contributed by atoms with van der Waals surface area (Å²) in [6, 6.07) is 10.5. The molecule has 26 heavy (non-hydrogen) atoms. The van der Waals surface area contributed by atoms with Gasteiger partial charge in [0.05, 0.1) is 21.6 Å². The molecule has 1 saturated heterocycles. The van der Waals surface area contributed by atoms with Gasteiger partial charge in [-0.3, -0.25) is 0 Å². The van der Waals surface area contributed by atoms with Crippen LogP contribution >= 0.6 is 11.3 Å². The van der Waals surface area contributed by atoms with Crippen molar-refractivity contribution in [1.29, 1.82) is 0 Å². The van der Waals surface area contributed by atoms with Gasteiger partial charge >= 0.3 is 0 Å². The summed E-state index contributed by atoms with van der Waals surface area (Å²) >= 11 is 1.77. The molecule has 0 unspecified atom stereocenters. The Morgan fingerprint density at radius 1 is 1.08 bits per heavy atom. The second kappa shape index (κ2) is 6.21. The second-order valence-electron chi connectivity index (χ2n) is 6.41. The third-order valence-electron chi connectivity index (χ3n) is 4.83. The Balaban J connectivity index is 1.39. The Kier molecular flexibility index (Phi) is 3.70. The Morgan fingerprint density at radius 3 is 2.69 bits per heavy atom. The number of para-hydroxylation sites is 1. The summed E-state index contributed by atoms with van der Waals surface area (Å²) in [4.78, 5) is 9.56. The van der Waals surface area contributed by atoms with Crippen molar-refractivity contribution in [2.45, 2.75) is 13.3 Å². The second-order valence-corrected chi connectivity index (χ2v) is 7.42. The van der Waals surface area contributed by atoms with Gasteiger partial charge in [0.1, 0.15) is 6.33 Å². The van der Waals surface area contributed by atoms with E-state index in [1.165, 1.54) is 4.70 Å².